The molecule has 0 saturated heterocycles. The number of aryl methyl sites for hydroxylation is 1. The standard InChI is InChI=1S/C8H10O4/c1-2-6-5(4-9)3-7(12-6)8(10)11/h3,9H,2,4H2,1H3,(H,10,11). The highest BCUT2D eigenvalue weighted by molar-refractivity contribution is 5.84. The minimum Gasteiger partial charge on any atom is -0.475 e. The fourth-order valence-electron chi connectivity index (χ4n) is 1.00. The molecule has 4 nitrogen and oxygen atoms in total. The van der Waals surface area contributed by atoms with E-state index in [-0.39, 0.29) is 12.4 Å². The highest BCUT2D eigenvalue weighted by atomic mass is 16.4. The van der Waals surface area contributed by atoms with Gasteiger partial charge < -0.3 is 14.6 Å². The molecular formula is C8H10O4. The molecule has 0 aliphatic heterocycles. The average molecular weight is 170 g/mol. The summed E-state index contributed by atoms with van der Waals surface area (Å²) in [6.07, 6.45) is 0.586. The number of carboxylic acid groups (broad SMARTS) is 1. The molecule has 2 N–H and O–H groups in total. The number of aromatic carboxylic acids is 1. The summed E-state index contributed by atoms with van der Waals surface area (Å²) in [6.45, 7) is 1.66. The van der Waals surface area contributed by atoms with Gasteiger partial charge in [0.05, 0.1) is 6.61 Å². The van der Waals surface area contributed by atoms with Gasteiger partial charge in [-0.05, 0) is 6.07 Å². The summed E-state index contributed by atoms with van der Waals surface area (Å²) >= 11 is 0. The Morgan fingerprint density at radius 1 is 1.67 bits per heavy atom. The fraction of sp³-hybridized carbons (Fsp3) is 0.375. The molecule has 0 amide bonds. The largest absolute Gasteiger partial charge is 0.475 e. The summed E-state index contributed by atoms with van der Waals surface area (Å²) in [5.41, 5.74) is 0.551. The number of carbonyl (C=O) groups is 1. The summed E-state index contributed by atoms with van der Waals surface area (Å²) < 4.78 is 4.96. The third-order valence-corrected chi connectivity index (χ3v) is 1.60. The third kappa shape index (κ3) is 1.48. The highest BCUT2D eigenvalue weighted by Crippen LogP contribution is 2.15. The number of rotatable bonds is 3. The molecule has 0 aliphatic rings. The monoisotopic (exact) mass is 170 g/mol. The van der Waals surface area contributed by atoms with E-state index < -0.39 is 5.97 Å². The summed E-state index contributed by atoms with van der Waals surface area (Å²) in [6, 6.07) is 1.35. The van der Waals surface area contributed by atoms with E-state index in [0.717, 1.165) is 0 Å². The molecule has 0 spiro atoms. The van der Waals surface area contributed by atoms with E-state index in [4.69, 9.17) is 14.6 Å². The van der Waals surface area contributed by atoms with Crippen LogP contribution in [0.15, 0.2) is 10.5 Å². The molecule has 1 aromatic rings. The lowest BCUT2D eigenvalue weighted by Crippen LogP contribution is -1.91. The average Bonchev–Trinajstić information content (AvgIpc) is 2.46. The number of aliphatic hydroxyl groups is 1. The zero-order valence-electron chi connectivity index (χ0n) is 6.70. The lowest BCUT2D eigenvalue weighted by molar-refractivity contribution is 0.0660. The summed E-state index contributed by atoms with van der Waals surface area (Å²) in [5.74, 6) is -0.685. The van der Waals surface area contributed by atoms with Gasteiger partial charge >= 0.3 is 5.97 Å². The van der Waals surface area contributed by atoms with Gasteiger partial charge in [-0.25, -0.2) is 4.79 Å². The van der Waals surface area contributed by atoms with Crippen LogP contribution >= 0.6 is 0 Å². The first-order valence-corrected chi connectivity index (χ1v) is 3.64. The first kappa shape index (κ1) is 8.80. The number of aliphatic hydroxyl groups excluding tert-OH is 1. The van der Waals surface area contributed by atoms with E-state index in [1.807, 2.05) is 6.92 Å². The van der Waals surface area contributed by atoms with Crippen molar-refractivity contribution in [2.24, 2.45) is 0 Å². The fourth-order valence-corrected chi connectivity index (χ4v) is 1.00. The predicted octanol–water partition coefficient (Wildman–Crippen LogP) is 1.03. The number of hydrogen-bond donors (Lipinski definition) is 2. The van der Waals surface area contributed by atoms with E-state index in [2.05, 4.69) is 0 Å². The van der Waals surface area contributed by atoms with Crippen LogP contribution in [0.5, 0.6) is 0 Å². The van der Waals surface area contributed by atoms with Crippen molar-refractivity contribution in [1.29, 1.82) is 0 Å². The number of carboxylic acids is 1. The van der Waals surface area contributed by atoms with Crippen molar-refractivity contribution in [2.45, 2.75) is 20.0 Å². The van der Waals surface area contributed by atoms with Gasteiger partial charge in [-0.2, -0.15) is 0 Å². The Hall–Kier alpha value is -1.29. The van der Waals surface area contributed by atoms with Crippen LogP contribution in [0.2, 0.25) is 0 Å². The smallest absolute Gasteiger partial charge is 0.371 e. The van der Waals surface area contributed by atoms with Crippen molar-refractivity contribution < 1.29 is 19.4 Å². The Balaban J connectivity index is 3.05. The van der Waals surface area contributed by atoms with Crippen molar-refractivity contribution in [1.82, 2.24) is 0 Å². The maximum absolute atomic E-state index is 10.4. The second-order valence-corrected chi connectivity index (χ2v) is 2.38. The summed E-state index contributed by atoms with van der Waals surface area (Å²) in [5, 5.41) is 17.3. The van der Waals surface area contributed by atoms with Crippen molar-refractivity contribution >= 4 is 5.97 Å². The molecule has 1 rings (SSSR count). The molecule has 0 bridgehead atoms. The molecular weight excluding hydrogens is 160 g/mol. The lowest BCUT2D eigenvalue weighted by atomic mass is 10.2. The molecule has 12 heavy (non-hydrogen) atoms. The predicted molar refractivity (Wildman–Crippen MR) is 41.0 cm³/mol. The van der Waals surface area contributed by atoms with Crippen molar-refractivity contribution in [2.75, 3.05) is 0 Å². The molecule has 4 heteroatoms. The quantitative estimate of drug-likeness (QED) is 0.710. The third-order valence-electron chi connectivity index (χ3n) is 1.60. The Kier molecular flexibility index (Phi) is 2.50. The molecule has 0 atom stereocenters. The van der Waals surface area contributed by atoms with Gasteiger partial charge in [0.15, 0.2) is 0 Å². The molecule has 0 saturated carbocycles. The van der Waals surface area contributed by atoms with Crippen LogP contribution in [0.4, 0.5) is 0 Å². The normalized spacial score (nSPS) is 10.2. The molecule has 1 aromatic heterocycles. The van der Waals surface area contributed by atoms with Gasteiger partial charge in [0.2, 0.25) is 5.76 Å². The van der Waals surface area contributed by atoms with Crippen LogP contribution in [0.25, 0.3) is 0 Å². The van der Waals surface area contributed by atoms with Gasteiger partial charge in [-0.1, -0.05) is 6.92 Å². The Morgan fingerprint density at radius 3 is 2.67 bits per heavy atom. The van der Waals surface area contributed by atoms with E-state index in [9.17, 15) is 4.79 Å². The minimum atomic E-state index is -1.11. The molecule has 0 fully saturated rings. The SMILES string of the molecule is CCc1oc(C(=O)O)cc1CO. The van der Waals surface area contributed by atoms with Crippen LogP contribution < -0.4 is 0 Å². The second-order valence-electron chi connectivity index (χ2n) is 2.38. The van der Waals surface area contributed by atoms with Crippen molar-refractivity contribution in [3.8, 4) is 0 Å². The first-order valence-electron chi connectivity index (χ1n) is 3.64. The first-order chi connectivity index (χ1) is 5.69. The lowest BCUT2D eigenvalue weighted by Gasteiger charge is -1.91. The maximum Gasteiger partial charge on any atom is 0.371 e. The van der Waals surface area contributed by atoms with Crippen molar-refractivity contribution in [3.05, 3.63) is 23.2 Å². The van der Waals surface area contributed by atoms with Crippen LogP contribution in [-0.4, -0.2) is 16.2 Å². The van der Waals surface area contributed by atoms with Crippen molar-refractivity contribution in [3.63, 3.8) is 0 Å². The highest BCUT2D eigenvalue weighted by Gasteiger charge is 2.13. The number of hydrogen-bond acceptors (Lipinski definition) is 3. The molecule has 66 valence electrons. The topological polar surface area (TPSA) is 70.7 Å². The van der Waals surface area contributed by atoms with E-state index in [1.54, 1.807) is 0 Å². The van der Waals surface area contributed by atoms with Crippen LogP contribution in [-0.2, 0) is 13.0 Å². The Labute approximate surface area is 69.4 Å². The Bertz CT molecular complexity index is 266. The zero-order valence-corrected chi connectivity index (χ0v) is 6.70. The van der Waals surface area contributed by atoms with Gasteiger partial charge in [0, 0.05) is 12.0 Å². The van der Waals surface area contributed by atoms with Crippen LogP contribution in [0, 0.1) is 0 Å². The van der Waals surface area contributed by atoms with Gasteiger partial charge in [-0.3, -0.25) is 0 Å². The van der Waals surface area contributed by atoms with Gasteiger partial charge in [0.25, 0.3) is 0 Å². The molecule has 0 aliphatic carbocycles. The molecule has 0 radical (unpaired) electrons. The van der Waals surface area contributed by atoms with Crippen LogP contribution in [0.1, 0.15) is 28.8 Å². The van der Waals surface area contributed by atoms with Gasteiger partial charge in [0.1, 0.15) is 5.76 Å². The summed E-state index contributed by atoms with van der Waals surface area (Å²) in [7, 11) is 0. The van der Waals surface area contributed by atoms with Gasteiger partial charge in [-0.15, -0.1) is 0 Å². The Morgan fingerprint density at radius 2 is 2.33 bits per heavy atom. The molecule has 0 unspecified atom stereocenters. The minimum absolute atomic E-state index is 0.115. The second kappa shape index (κ2) is 3.40. The molecule has 1 heterocycles. The zero-order chi connectivity index (χ0) is 9.14. The molecule has 0 aromatic carbocycles. The van der Waals surface area contributed by atoms with E-state index >= 15 is 0 Å². The van der Waals surface area contributed by atoms with Crippen LogP contribution in [0.3, 0.4) is 0 Å². The van der Waals surface area contributed by atoms with E-state index in [1.165, 1.54) is 6.07 Å². The maximum atomic E-state index is 10.4. The summed E-state index contributed by atoms with van der Waals surface area (Å²) in [4.78, 5) is 10.4. The van der Waals surface area contributed by atoms with E-state index in [0.29, 0.717) is 17.7 Å². The number of furan rings is 1.